The van der Waals surface area contributed by atoms with Crippen LogP contribution in [0.5, 0.6) is 0 Å². The second-order valence-corrected chi connectivity index (χ2v) is 6.05. The quantitative estimate of drug-likeness (QED) is 0.881. The molecule has 6 heteroatoms. The summed E-state index contributed by atoms with van der Waals surface area (Å²) in [5.74, 6) is 0.747. The standard InChI is InChI=1S/C13H18N4OS/c1-17(7-9-3-2-5-14-9)8-11-15-10-4-6-19-12(10)13(18)16-11/h4,6,9,14H,2-3,5,7-8H2,1H3,(H,15,16,18). The van der Waals surface area contributed by atoms with Gasteiger partial charge in [0.25, 0.3) is 5.56 Å². The Morgan fingerprint density at radius 3 is 3.26 bits per heavy atom. The number of nitrogens with one attached hydrogen (secondary N) is 2. The number of nitrogens with zero attached hydrogens (tertiary/aromatic N) is 2. The Bertz CT molecular complexity index is 614. The molecule has 19 heavy (non-hydrogen) atoms. The zero-order valence-electron chi connectivity index (χ0n) is 11.0. The Hall–Kier alpha value is -1.24. The molecule has 0 radical (unpaired) electrons. The summed E-state index contributed by atoms with van der Waals surface area (Å²) in [6, 6.07) is 2.47. The molecule has 102 valence electrons. The molecule has 2 N–H and O–H groups in total. The Kier molecular flexibility index (Phi) is 3.63. The van der Waals surface area contributed by atoms with E-state index in [0.29, 0.717) is 17.3 Å². The number of likely N-dealkylation sites (N-methyl/N-ethyl adjacent to an activating group) is 1. The second kappa shape index (κ2) is 5.40. The molecule has 5 nitrogen and oxygen atoms in total. The third kappa shape index (κ3) is 2.86. The highest BCUT2D eigenvalue weighted by atomic mass is 32.1. The van der Waals surface area contributed by atoms with Crippen molar-refractivity contribution in [3.05, 3.63) is 27.6 Å². The molecule has 0 bridgehead atoms. The van der Waals surface area contributed by atoms with Crippen molar-refractivity contribution in [1.29, 1.82) is 0 Å². The summed E-state index contributed by atoms with van der Waals surface area (Å²) >= 11 is 1.44. The van der Waals surface area contributed by atoms with Crippen molar-refractivity contribution in [2.24, 2.45) is 0 Å². The highest BCUT2D eigenvalue weighted by molar-refractivity contribution is 7.17. The van der Waals surface area contributed by atoms with Crippen molar-refractivity contribution in [3.63, 3.8) is 0 Å². The van der Waals surface area contributed by atoms with Gasteiger partial charge in [-0.3, -0.25) is 9.69 Å². The van der Waals surface area contributed by atoms with Crippen molar-refractivity contribution in [2.75, 3.05) is 20.1 Å². The first kappa shape index (κ1) is 12.8. The van der Waals surface area contributed by atoms with Crippen LogP contribution < -0.4 is 10.9 Å². The highest BCUT2D eigenvalue weighted by Gasteiger charge is 2.16. The third-order valence-electron chi connectivity index (χ3n) is 3.48. The smallest absolute Gasteiger partial charge is 0.268 e. The molecule has 1 aliphatic rings. The highest BCUT2D eigenvalue weighted by Crippen LogP contribution is 2.14. The van der Waals surface area contributed by atoms with Crippen molar-refractivity contribution < 1.29 is 0 Å². The summed E-state index contributed by atoms with van der Waals surface area (Å²) in [7, 11) is 2.07. The molecule has 0 spiro atoms. The van der Waals surface area contributed by atoms with Gasteiger partial charge in [0.1, 0.15) is 10.5 Å². The first-order chi connectivity index (χ1) is 9.22. The van der Waals surface area contributed by atoms with Crippen LogP contribution in [0.4, 0.5) is 0 Å². The summed E-state index contributed by atoms with van der Waals surface area (Å²) in [4.78, 5) is 21.5. The fourth-order valence-electron chi connectivity index (χ4n) is 2.61. The van der Waals surface area contributed by atoms with Gasteiger partial charge < -0.3 is 10.3 Å². The Labute approximate surface area is 115 Å². The van der Waals surface area contributed by atoms with Gasteiger partial charge in [0, 0.05) is 12.6 Å². The lowest BCUT2D eigenvalue weighted by molar-refractivity contribution is 0.287. The SMILES string of the molecule is CN(Cc1nc2ccsc2c(=O)[nH]1)CC1CCCN1. The maximum absolute atomic E-state index is 11.9. The fourth-order valence-corrected chi connectivity index (χ4v) is 3.33. The van der Waals surface area contributed by atoms with Crippen LogP contribution in [0.1, 0.15) is 18.7 Å². The van der Waals surface area contributed by atoms with E-state index in [2.05, 4.69) is 27.2 Å². The van der Waals surface area contributed by atoms with Crippen LogP contribution in [0, 0.1) is 0 Å². The number of thiophene rings is 1. The van der Waals surface area contributed by atoms with Gasteiger partial charge in [-0.15, -0.1) is 11.3 Å². The van der Waals surface area contributed by atoms with E-state index in [9.17, 15) is 4.79 Å². The number of fused-ring (bicyclic) bond motifs is 1. The molecule has 1 atom stereocenters. The van der Waals surface area contributed by atoms with Gasteiger partial charge in [-0.05, 0) is 37.9 Å². The van der Waals surface area contributed by atoms with E-state index in [0.717, 1.165) is 24.4 Å². The Morgan fingerprint density at radius 2 is 2.47 bits per heavy atom. The lowest BCUT2D eigenvalue weighted by Gasteiger charge is -2.20. The Balaban J connectivity index is 1.71. The maximum atomic E-state index is 11.9. The minimum Gasteiger partial charge on any atom is -0.313 e. The number of hydrogen-bond acceptors (Lipinski definition) is 5. The number of H-pyrrole nitrogens is 1. The van der Waals surface area contributed by atoms with E-state index in [1.807, 2.05) is 11.4 Å². The van der Waals surface area contributed by atoms with Gasteiger partial charge in [0.2, 0.25) is 0 Å². The van der Waals surface area contributed by atoms with Gasteiger partial charge in [-0.25, -0.2) is 4.98 Å². The molecule has 3 rings (SSSR count). The predicted octanol–water partition coefficient (Wildman–Crippen LogP) is 1.17. The summed E-state index contributed by atoms with van der Waals surface area (Å²) in [6.45, 7) is 2.79. The largest absolute Gasteiger partial charge is 0.313 e. The summed E-state index contributed by atoms with van der Waals surface area (Å²) in [6.07, 6.45) is 2.49. The van der Waals surface area contributed by atoms with Crippen molar-refractivity contribution in [2.45, 2.75) is 25.4 Å². The molecule has 1 fully saturated rings. The van der Waals surface area contributed by atoms with Crippen LogP contribution in [0.2, 0.25) is 0 Å². The molecule has 1 aliphatic heterocycles. The fraction of sp³-hybridized carbons (Fsp3) is 0.538. The monoisotopic (exact) mass is 278 g/mol. The average Bonchev–Trinajstić information content (AvgIpc) is 2.99. The summed E-state index contributed by atoms with van der Waals surface area (Å²) in [5, 5.41) is 5.38. The third-order valence-corrected chi connectivity index (χ3v) is 4.38. The van der Waals surface area contributed by atoms with E-state index in [1.165, 1.54) is 24.2 Å². The molecule has 2 aromatic rings. The van der Waals surface area contributed by atoms with Gasteiger partial charge in [-0.1, -0.05) is 0 Å². The van der Waals surface area contributed by atoms with E-state index < -0.39 is 0 Å². The van der Waals surface area contributed by atoms with Crippen LogP contribution >= 0.6 is 11.3 Å². The zero-order chi connectivity index (χ0) is 13.2. The molecular formula is C13H18N4OS. The van der Waals surface area contributed by atoms with E-state index in [1.54, 1.807) is 0 Å². The number of aromatic nitrogens is 2. The average molecular weight is 278 g/mol. The van der Waals surface area contributed by atoms with Crippen molar-refractivity contribution in [3.8, 4) is 0 Å². The van der Waals surface area contributed by atoms with Crippen LogP contribution in [0.15, 0.2) is 16.2 Å². The van der Waals surface area contributed by atoms with Crippen molar-refractivity contribution in [1.82, 2.24) is 20.2 Å². The molecule has 3 heterocycles. The molecule has 1 saturated heterocycles. The first-order valence-corrected chi connectivity index (χ1v) is 7.48. The molecule has 0 aliphatic carbocycles. The molecule has 2 aromatic heterocycles. The molecular weight excluding hydrogens is 260 g/mol. The van der Waals surface area contributed by atoms with Crippen LogP contribution in [-0.4, -0.2) is 41.0 Å². The first-order valence-electron chi connectivity index (χ1n) is 6.61. The van der Waals surface area contributed by atoms with E-state index in [4.69, 9.17) is 0 Å². The van der Waals surface area contributed by atoms with Gasteiger partial charge >= 0.3 is 0 Å². The van der Waals surface area contributed by atoms with Crippen LogP contribution in [0.25, 0.3) is 10.2 Å². The number of aromatic amines is 1. The second-order valence-electron chi connectivity index (χ2n) is 5.14. The molecule has 0 amide bonds. The predicted molar refractivity (Wildman–Crippen MR) is 77.6 cm³/mol. The van der Waals surface area contributed by atoms with E-state index >= 15 is 0 Å². The van der Waals surface area contributed by atoms with Gasteiger partial charge in [0.15, 0.2) is 0 Å². The summed E-state index contributed by atoms with van der Waals surface area (Å²) < 4.78 is 0.712. The Morgan fingerprint density at radius 1 is 1.58 bits per heavy atom. The van der Waals surface area contributed by atoms with Gasteiger partial charge in [0.05, 0.1) is 12.1 Å². The van der Waals surface area contributed by atoms with E-state index in [-0.39, 0.29) is 5.56 Å². The van der Waals surface area contributed by atoms with Crippen molar-refractivity contribution >= 4 is 21.6 Å². The lowest BCUT2D eigenvalue weighted by Crippen LogP contribution is -2.35. The normalized spacial score (nSPS) is 19.6. The van der Waals surface area contributed by atoms with Gasteiger partial charge in [-0.2, -0.15) is 0 Å². The zero-order valence-corrected chi connectivity index (χ0v) is 11.8. The lowest BCUT2D eigenvalue weighted by atomic mass is 10.2. The summed E-state index contributed by atoms with van der Waals surface area (Å²) in [5.41, 5.74) is 0.776. The number of hydrogen-bond donors (Lipinski definition) is 2. The molecule has 0 saturated carbocycles. The number of rotatable bonds is 4. The minimum absolute atomic E-state index is 0.0256. The minimum atomic E-state index is -0.0256. The molecule has 0 aromatic carbocycles. The topological polar surface area (TPSA) is 61.0 Å². The van der Waals surface area contributed by atoms with Crippen LogP contribution in [0.3, 0.4) is 0 Å². The molecule has 1 unspecified atom stereocenters. The maximum Gasteiger partial charge on any atom is 0.268 e. The van der Waals surface area contributed by atoms with Crippen LogP contribution in [-0.2, 0) is 6.54 Å².